The quantitative estimate of drug-likeness (QED) is 0.797. The minimum Gasteiger partial charge on any atom is -0.398 e. The zero-order valence-corrected chi connectivity index (χ0v) is 16.5. The maximum Gasteiger partial charge on any atom is 0.242 e. The van der Waals surface area contributed by atoms with E-state index in [0.717, 1.165) is 41.9 Å². The first-order valence-electron chi connectivity index (χ1n) is 9.39. The maximum absolute atomic E-state index is 13.1. The standard InChI is InChI=1S/C21H24FN3O2.ClH/c22-16-8-6-15(7-9-16)20-13-25(11-12-27-20)21(26)14-24-10-2-3-17-18(23)4-1-5-19(17)24;/h1,4-9,20H,2-3,10-14,23H2;1H. The van der Waals surface area contributed by atoms with E-state index in [2.05, 4.69) is 4.90 Å². The van der Waals surface area contributed by atoms with Crippen molar-refractivity contribution in [3.05, 3.63) is 59.4 Å². The molecule has 0 saturated carbocycles. The van der Waals surface area contributed by atoms with E-state index in [4.69, 9.17) is 10.5 Å². The fourth-order valence-electron chi connectivity index (χ4n) is 3.91. The van der Waals surface area contributed by atoms with Crippen LogP contribution in [0.1, 0.15) is 23.7 Å². The number of anilines is 2. The highest BCUT2D eigenvalue weighted by Crippen LogP contribution is 2.31. The molecule has 0 aliphatic carbocycles. The van der Waals surface area contributed by atoms with Crippen LogP contribution in [0.15, 0.2) is 42.5 Å². The van der Waals surface area contributed by atoms with Gasteiger partial charge in [0.25, 0.3) is 0 Å². The smallest absolute Gasteiger partial charge is 0.242 e. The van der Waals surface area contributed by atoms with Crippen LogP contribution in [0.25, 0.3) is 0 Å². The van der Waals surface area contributed by atoms with E-state index in [-0.39, 0.29) is 30.2 Å². The van der Waals surface area contributed by atoms with Gasteiger partial charge in [0.15, 0.2) is 0 Å². The van der Waals surface area contributed by atoms with Crippen LogP contribution in [0.3, 0.4) is 0 Å². The Bertz CT molecular complexity index is 831. The Morgan fingerprint density at radius 3 is 2.75 bits per heavy atom. The van der Waals surface area contributed by atoms with Crippen LogP contribution in [0.4, 0.5) is 15.8 Å². The number of morpholine rings is 1. The molecular weight excluding hydrogens is 381 g/mol. The van der Waals surface area contributed by atoms with Crippen LogP contribution >= 0.6 is 12.4 Å². The van der Waals surface area contributed by atoms with E-state index in [9.17, 15) is 9.18 Å². The molecule has 4 rings (SSSR count). The number of fused-ring (bicyclic) bond motifs is 1. The number of nitrogens with two attached hydrogens (primary N) is 1. The lowest BCUT2D eigenvalue weighted by atomic mass is 10.00. The Kier molecular flexibility index (Phi) is 6.42. The van der Waals surface area contributed by atoms with Gasteiger partial charge in [-0.25, -0.2) is 4.39 Å². The summed E-state index contributed by atoms with van der Waals surface area (Å²) in [7, 11) is 0. The van der Waals surface area contributed by atoms with Gasteiger partial charge in [0.2, 0.25) is 5.91 Å². The summed E-state index contributed by atoms with van der Waals surface area (Å²) in [4.78, 5) is 16.9. The average molecular weight is 406 g/mol. The van der Waals surface area contributed by atoms with Crippen molar-refractivity contribution in [2.24, 2.45) is 0 Å². The van der Waals surface area contributed by atoms with Crippen LogP contribution in [0.2, 0.25) is 0 Å². The van der Waals surface area contributed by atoms with Crippen molar-refractivity contribution in [3.63, 3.8) is 0 Å². The molecule has 0 radical (unpaired) electrons. The van der Waals surface area contributed by atoms with Crippen molar-refractivity contribution < 1.29 is 13.9 Å². The monoisotopic (exact) mass is 405 g/mol. The van der Waals surface area contributed by atoms with Crippen molar-refractivity contribution >= 4 is 29.7 Å². The van der Waals surface area contributed by atoms with Crippen LogP contribution in [-0.2, 0) is 16.0 Å². The first kappa shape index (κ1) is 20.4. The first-order valence-corrected chi connectivity index (χ1v) is 9.39. The molecule has 1 atom stereocenters. The molecule has 1 saturated heterocycles. The van der Waals surface area contributed by atoms with Gasteiger partial charge < -0.3 is 20.3 Å². The Balaban J connectivity index is 0.00000225. The summed E-state index contributed by atoms with van der Waals surface area (Å²) >= 11 is 0. The summed E-state index contributed by atoms with van der Waals surface area (Å²) < 4.78 is 18.9. The van der Waals surface area contributed by atoms with E-state index in [1.165, 1.54) is 12.1 Å². The van der Waals surface area contributed by atoms with Gasteiger partial charge in [-0.3, -0.25) is 4.79 Å². The van der Waals surface area contributed by atoms with Gasteiger partial charge in [-0.2, -0.15) is 0 Å². The molecule has 5 nitrogen and oxygen atoms in total. The largest absolute Gasteiger partial charge is 0.398 e. The van der Waals surface area contributed by atoms with E-state index >= 15 is 0 Å². The summed E-state index contributed by atoms with van der Waals surface area (Å²) in [5.74, 6) is -0.189. The topological polar surface area (TPSA) is 58.8 Å². The Hall–Kier alpha value is -2.31. The fourth-order valence-corrected chi connectivity index (χ4v) is 3.91. The molecule has 2 heterocycles. The van der Waals surface area contributed by atoms with E-state index in [0.29, 0.717) is 26.2 Å². The van der Waals surface area contributed by atoms with Crippen molar-refractivity contribution in [1.82, 2.24) is 4.90 Å². The lowest BCUT2D eigenvalue weighted by Gasteiger charge is -2.36. The highest BCUT2D eigenvalue weighted by molar-refractivity contribution is 5.85. The lowest BCUT2D eigenvalue weighted by molar-refractivity contribution is -0.137. The van der Waals surface area contributed by atoms with E-state index in [1.807, 2.05) is 23.1 Å². The Labute approximate surface area is 170 Å². The molecule has 1 fully saturated rings. The van der Waals surface area contributed by atoms with Crippen molar-refractivity contribution in [2.45, 2.75) is 18.9 Å². The molecule has 2 N–H and O–H groups in total. The van der Waals surface area contributed by atoms with Crippen molar-refractivity contribution in [2.75, 3.05) is 43.4 Å². The summed E-state index contributed by atoms with van der Waals surface area (Å²) in [6.07, 6.45) is 1.74. The predicted octanol–water partition coefficient (Wildman–Crippen LogP) is 3.18. The number of carbonyl (C=O) groups excluding carboxylic acids is 1. The second-order valence-corrected chi connectivity index (χ2v) is 7.12. The van der Waals surface area contributed by atoms with Gasteiger partial charge >= 0.3 is 0 Å². The molecule has 0 spiro atoms. The van der Waals surface area contributed by atoms with Gasteiger partial charge in [0.05, 0.1) is 19.7 Å². The van der Waals surface area contributed by atoms with Crippen LogP contribution in [0.5, 0.6) is 0 Å². The molecule has 2 aromatic rings. The number of hydrogen-bond donors (Lipinski definition) is 1. The van der Waals surface area contributed by atoms with Gasteiger partial charge in [0.1, 0.15) is 11.9 Å². The highest BCUT2D eigenvalue weighted by atomic mass is 35.5. The maximum atomic E-state index is 13.1. The van der Waals surface area contributed by atoms with Gasteiger partial charge in [-0.15, -0.1) is 12.4 Å². The van der Waals surface area contributed by atoms with E-state index in [1.54, 1.807) is 12.1 Å². The zero-order valence-electron chi connectivity index (χ0n) is 15.6. The molecule has 2 aliphatic heterocycles. The molecule has 7 heteroatoms. The summed E-state index contributed by atoms with van der Waals surface area (Å²) in [6.45, 7) is 2.74. The van der Waals surface area contributed by atoms with E-state index < -0.39 is 0 Å². The minimum atomic E-state index is -0.273. The number of nitrogens with zero attached hydrogens (tertiary/aromatic N) is 2. The summed E-state index contributed by atoms with van der Waals surface area (Å²) in [5, 5.41) is 0. The van der Waals surface area contributed by atoms with Gasteiger partial charge in [0, 0.05) is 24.5 Å². The number of carbonyl (C=O) groups is 1. The Morgan fingerprint density at radius 2 is 1.96 bits per heavy atom. The number of hydrogen-bond acceptors (Lipinski definition) is 4. The number of rotatable bonds is 3. The van der Waals surface area contributed by atoms with Crippen LogP contribution in [0, 0.1) is 5.82 Å². The predicted molar refractivity (Wildman–Crippen MR) is 110 cm³/mol. The molecule has 0 aromatic heterocycles. The van der Waals surface area contributed by atoms with Crippen molar-refractivity contribution in [1.29, 1.82) is 0 Å². The summed E-state index contributed by atoms with van der Waals surface area (Å²) in [5.41, 5.74) is 10.0. The summed E-state index contributed by atoms with van der Waals surface area (Å²) in [6, 6.07) is 12.2. The second kappa shape index (κ2) is 8.80. The minimum absolute atomic E-state index is 0. The average Bonchev–Trinajstić information content (AvgIpc) is 2.69. The number of nitrogen functional groups attached to an aromatic ring is 1. The molecule has 2 aliphatic rings. The third-order valence-electron chi connectivity index (χ3n) is 5.37. The molecule has 1 unspecified atom stereocenters. The third kappa shape index (κ3) is 4.23. The Morgan fingerprint density at radius 1 is 1.18 bits per heavy atom. The molecule has 28 heavy (non-hydrogen) atoms. The van der Waals surface area contributed by atoms with Gasteiger partial charge in [-0.1, -0.05) is 18.2 Å². The van der Waals surface area contributed by atoms with Crippen LogP contribution < -0.4 is 10.6 Å². The normalized spacial score (nSPS) is 19.0. The molecular formula is C21H25ClFN3O2. The number of halogens is 2. The number of amides is 1. The lowest BCUT2D eigenvalue weighted by Crippen LogP contribution is -2.47. The number of ether oxygens (including phenoxy) is 1. The molecule has 2 aromatic carbocycles. The SMILES string of the molecule is Cl.Nc1cccc2c1CCCN2CC(=O)N1CCOC(c2ccc(F)cc2)C1. The van der Waals surface area contributed by atoms with Crippen molar-refractivity contribution in [3.8, 4) is 0 Å². The first-order chi connectivity index (χ1) is 13.1. The van der Waals surface area contributed by atoms with Gasteiger partial charge in [-0.05, 0) is 48.2 Å². The molecule has 1 amide bonds. The second-order valence-electron chi connectivity index (χ2n) is 7.12. The van der Waals surface area contributed by atoms with Crippen LogP contribution in [-0.4, -0.2) is 43.6 Å². The molecule has 0 bridgehead atoms. The molecule has 150 valence electrons. The fraction of sp³-hybridized carbons (Fsp3) is 0.381. The highest BCUT2D eigenvalue weighted by Gasteiger charge is 2.28. The third-order valence-corrected chi connectivity index (χ3v) is 5.37. The zero-order chi connectivity index (χ0) is 18.8. The number of benzene rings is 2.